The Hall–Kier alpha value is -0.810. The van der Waals surface area contributed by atoms with Gasteiger partial charge in [-0.2, -0.15) is 0 Å². The fourth-order valence-electron chi connectivity index (χ4n) is 1.25. The van der Waals surface area contributed by atoms with Gasteiger partial charge >= 0.3 is 0 Å². The van der Waals surface area contributed by atoms with Crippen molar-refractivity contribution in [3.63, 3.8) is 0 Å². The number of carbonyl (C=O) groups is 2. The topological polar surface area (TPSA) is 84.2 Å². The summed E-state index contributed by atoms with van der Waals surface area (Å²) >= 11 is 0. The van der Waals surface area contributed by atoms with Crippen molar-refractivity contribution in [3.05, 3.63) is 0 Å². The van der Waals surface area contributed by atoms with Crippen LogP contribution in [0.15, 0.2) is 0 Å². The van der Waals surface area contributed by atoms with E-state index in [0.29, 0.717) is 32.4 Å². The number of hydrogen-bond acceptors (Lipinski definition) is 3. The highest BCUT2D eigenvalue weighted by molar-refractivity contribution is 5.85. The minimum atomic E-state index is -0.373. The number of hydrogen-bond donors (Lipinski definition) is 3. The summed E-state index contributed by atoms with van der Waals surface area (Å²) in [4.78, 5) is 22.8. The summed E-state index contributed by atoms with van der Waals surface area (Å²) in [6.45, 7) is 6.85. The Labute approximate surface area is 116 Å². The molecule has 6 heteroatoms. The molecule has 5 nitrogen and oxygen atoms in total. The van der Waals surface area contributed by atoms with E-state index in [0.717, 1.165) is 6.42 Å². The molecule has 0 aliphatic carbocycles. The molecule has 0 atom stereocenters. The second kappa shape index (κ2) is 10.1. The largest absolute Gasteiger partial charge is 0.356 e. The number of carbonyl (C=O) groups excluding carboxylic acids is 2. The van der Waals surface area contributed by atoms with Crippen LogP contribution in [0.25, 0.3) is 0 Å². The van der Waals surface area contributed by atoms with Crippen LogP contribution in [0.5, 0.6) is 0 Å². The van der Waals surface area contributed by atoms with Crippen LogP contribution in [-0.4, -0.2) is 30.4 Å². The summed E-state index contributed by atoms with van der Waals surface area (Å²) in [6, 6.07) is 0. The summed E-state index contributed by atoms with van der Waals surface area (Å²) in [5, 5.41) is 5.60. The van der Waals surface area contributed by atoms with Gasteiger partial charge in [-0.3, -0.25) is 9.59 Å². The molecule has 0 unspecified atom stereocenters. The highest BCUT2D eigenvalue weighted by Crippen LogP contribution is 2.01. The molecule has 0 radical (unpaired) electrons. The summed E-state index contributed by atoms with van der Waals surface area (Å²) in [5.74, 6) is -0.0403. The molecule has 0 aromatic carbocycles. The minimum Gasteiger partial charge on any atom is -0.356 e. The average molecular weight is 280 g/mol. The van der Waals surface area contributed by atoms with Crippen molar-refractivity contribution < 1.29 is 9.59 Å². The van der Waals surface area contributed by atoms with Crippen LogP contribution >= 0.6 is 12.4 Å². The van der Waals surface area contributed by atoms with Gasteiger partial charge in [0.1, 0.15) is 0 Å². The van der Waals surface area contributed by atoms with Gasteiger partial charge in [0.05, 0.1) is 0 Å². The van der Waals surface area contributed by atoms with Crippen LogP contribution in [0.2, 0.25) is 0 Å². The van der Waals surface area contributed by atoms with Gasteiger partial charge in [-0.25, -0.2) is 0 Å². The number of rotatable bonds is 8. The zero-order chi connectivity index (χ0) is 13.3. The van der Waals surface area contributed by atoms with Crippen LogP contribution in [0, 0.1) is 0 Å². The maximum atomic E-state index is 11.5. The monoisotopic (exact) mass is 279 g/mol. The molecule has 0 aliphatic heterocycles. The molecule has 0 fully saturated rings. The van der Waals surface area contributed by atoms with Crippen molar-refractivity contribution in [2.24, 2.45) is 5.73 Å². The quantitative estimate of drug-likeness (QED) is 0.619. The Morgan fingerprint density at radius 2 is 1.72 bits per heavy atom. The Kier molecular flexibility index (Phi) is 11.0. The molecule has 0 aliphatic rings. The zero-order valence-electron chi connectivity index (χ0n) is 11.5. The van der Waals surface area contributed by atoms with Gasteiger partial charge in [0.25, 0.3) is 0 Å². The molecular weight excluding hydrogens is 254 g/mol. The first kappa shape index (κ1) is 19.5. The third-order valence-corrected chi connectivity index (χ3v) is 2.37. The maximum absolute atomic E-state index is 11.5. The first-order chi connectivity index (χ1) is 7.91. The van der Waals surface area contributed by atoms with Crippen LogP contribution in [0.4, 0.5) is 0 Å². The minimum absolute atomic E-state index is 0. The third kappa shape index (κ3) is 10.4. The normalized spacial score (nSPS) is 10.4. The lowest BCUT2D eigenvalue weighted by atomic mass is 10.1. The first-order valence-electron chi connectivity index (χ1n) is 6.19. The molecular formula is C12H26ClN3O2. The molecule has 0 saturated heterocycles. The van der Waals surface area contributed by atoms with E-state index in [1.807, 2.05) is 20.8 Å². The fourth-order valence-corrected chi connectivity index (χ4v) is 1.25. The molecule has 2 amide bonds. The lowest BCUT2D eigenvalue weighted by Crippen LogP contribution is -2.48. The summed E-state index contributed by atoms with van der Waals surface area (Å²) < 4.78 is 0. The molecule has 0 spiro atoms. The summed E-state index contributed by atoms with van der Waals surface area (Å²) in [5.41, 5.74) is 5.13. The standard InChI is InChI=1S/C12H25N3O2.ClH/c1-4-8-14-10(16)6-5-7-11(17)15-12(2,3)9-13;/h4-9,13H2,1-3H3,(H,14,16)(H,15,17);1H. The van der Waals surface area contributed by atoms with Gasteiger partial charge in [-0.05, 0) is 26.7 Å². The predicted octanol–water partition coefficient (Wildman–Crippen LogP) is 0.958. The molecule has 0 rings (SSSR count). The van der Waals surface area contributed by atoms with E-state index >= 15 is 0 Å². The number of amides is 2. The van der Waals surface area contributed by atoms with Crippen molar-refractivity contribution in [2.75, 3.05) is 13.1 Å². The first-order valence-corrected chi connectivity index (χ1v) is 6.19. The molecule has 0 aromatic rings. The lowest BCUT2D eigenvalue weighted by Gasteiger charge is -2.24. The Morgan fingerprint density at radius 3 is 2.22 bits per heavy atom. The predicted molar refractivity (Wildman–Crippen MR) is 75.7 cm³/mol. The number of nitrogens with one attached hydrogen (secondary N) is 2. The SMILES string of the molecule is CCCNC(=O)CCCC(=O)NC(C)(C)CN.Cl. The molecule has 0 heterocycles. The third-order valence-electron chi connectivity index (χ3n) is 2.37. The van der Waals surface area contributed by atoms with E-state index in [4.69, 9.17) is 5.73 Å². The van der Waals surface area contributed by atoms with Crippen LogP contribution < -0.4 is 16.4 Å². The van der Waals surface area contributed by atoms with E-state index in [-0.39, 0.29) is 29.8 Å². The molecule has 18 heavy (non-hydrogen) atoms. The molecule has 108 valence electrons. The second-order valence-electron chi connectivity index (χ2n) is 4.84. The smallest absolute Gasteiger partial charge is 0.220 e. The lowest BCUT2D eigenvalue weighted by molar-refractivity contribution is -0.123. The number of halogens is 1. The van der Waals surface area contributed by atoms with E-state index < -0.39 is 0 Å². The Balaban J connectivity index is 0. The van der Waals surface area contributed by atoms with E-state index in [9.17, 15) is 9.59 Å². The fraction of sp³-hybridized carbons (Fsp3) is 0.833. The van der Waals surface area contributed by atoms with Crippen molar-refractivity contribution in [1.82, 2.24) is 10.6 Å². The summed E-state index contributed by atoms with van der Waals surface area (Å²) in [6.07, 6.45) is 2.26. The van der Waals surface area contributed by atoms with E-state index in [2.05, 4.69) is 10.6 Å². The van der Waals surface area contributed by atoms with Gasteiger partial charge in [-0.15, -0.1) is 12.4 Å². The number of nitrogens with two attached hydrogens (primary N) is 1. The van der Waals surface area contributed by atoms with Gasteiger partial charge in [0.15, 0.2) is 0 Å². The van der Waals surface area contributed by atoms with Crippen molar-refractivity contribution in [1.29, 1.82) is 0 Å². The van der Waals surface area contributed by atoms with Gasteiger partial charge < -0.3 is 16.4 Å². The highest BCUT2D eigenvalue weighted by atomic mass is 35.5. The van der Waals surface area contributed by atoms with Gasteiger partial charge in [0, 0.05) is 31.5 Å². The summed E-state index contributed by atoms with van der Waals surface area (Å²) in [7, 11) is 0. The van der Waals surface area contributed by atoms with Gasteiger partial charge in [-0.1, -0.05) is 6.92 Å². The Bertz CT molecular complexity index is 258. The molecule has 0 bridgehead atoms. The van der Waals surface area contributed by atoms with Crippen LogP contribution in [-0.2, 0) is 9.59 Å². The maximum Gasteiger partial charge on any atom is 0.220 e. The molecule has 0 saturated carbocycles. The van der Waals surface area contributed by atoms with Crippen LogP contribution in [0.3, 0.4) is 0 Å². The molecule has 0 aromatic heterocycles. The van der Waals surface area contributed by atoms with Crippen LogP contribution in [0.1, 0.15) is 46.5 Å². The van der Waals surface area contributed by atoms with Gasteiger partial charge in [0.2, 0.25) is 11.8 Å². The second-order valence-corrected chi connectivity index (χ2v) is 4.84. The van der Waals surface area contributed by atoms with E-state index in [1.54, 1.807) is 0 Å². The zero-order valence-corrected chi connectivity index (χ0v) is 12.4. The Morgan fingerprint density at radius 1 is 1.17 bits per heavy atom. The van der Waals surface area contributed by atoms with Crippen molar-refractivity contribution in [3.8, 4) is 0 Å². The highest BCUT2D eigenvalue weighted by Gasteiger charge is 2.17. The molecule has 4 N–H and O–H groups in total. The average Bonchev–Trinajstić information content (AvgIpc) is 2.25. The van der Waals surface area contributed by atoms with E-state index in [1.165, 1.54) is 0 Å². The van der Waals surface area contributed by atoms with Crippen molar-refractivity contribution >= 4 is 24.2 Å². The van der Waals surface area contributed by atoms with Crippen molar-refractivity contribution in [2.45, 2.75) is 52.0 Å².